The Labute approximate surface area is 257 Å². The van der Waals surface area contributed by atoms with Crippen molar-refractivity contribution in [1.29, 1.82) is 0 Å². The Morgan fingerprint density at radius 2 is 1.98 bits per heavy atom. The third-order valence-corrected chi connectivity index (χ3v) is 8.67. The van der Waals surface area contributed by atoms with Crippen LogP contribution in [0.15, 0.2) is 72.7 Å². The second-order valence-corrected chi connectivity index (χ2v) is 11.6. The number of ether oxygens (including phenoxy) is 1. The lowest BCUT2D eigenvalue weighted by molar-refractivity contribution is -0.130. The molecule has 2 aliphatic rings. The number of piperidine rings is 1. The number of anilines is 3. The normalized spacial score (nSPS) is 16.6. The van der Waals surface area contributed by atoms with Crippen molar-refractivity contribution >= 4 is 56.5 Å². The molecule has 10 nitrogen and oxygen atoms in total. The Morgan fingerprint density at radius 1 is 1.16 bits per heavy atom. The van der Waals surface area contributed by atoms with Crippen LogP contribution in [-0.4, -0.2) is 60.5 Å². The van der Waals surface area contributed by atoms with Crippen LogP contribution in [-0.2, 0) is 4.79 Å². The van der Waals surface area contributed by atoms with Crippen molar-refractivity contribution in [1.82, 2.24) is 20.5 Å². The minimum Gasteiger partial charge on any atom is -0.457 e. The Hall–Kier alpha value is -4.81. The molecule has 0 aliphatic carbocycles. The third kappa shape index (κ3) is 5.73. The molecule has 1 fully saturated rings. The Balaban J connectivity index is 1.24. The molecule has 12 heteroatoms. The summed E-state index contributed by atoms with van der Waals surface area (Å²) >= 11 is 1.19. The number of amides is 4. The van der Waals surface area contributed by atoms with Crippen molar-refractivity contribution in [3.05, 3.63) is 83.1 Å². The van der Waals surface area contributed by atoms with Crippen LogP contribution in [0, 0.1) is 6.92 Å². The molecule has 3 N–H and O–H groups in total. The number of carbonyl (C=O) groups excluding carboxylic acids is 3. The van der Waals surface area contributed by atoms with Gasteiger partial charge in [0.2, 0.25) is 0 Å². The van der Waals surface area contributed by atoms with Crippen molar-refractivity contribution in [2.24, 2.45) is 0 Å². The number of nitrogens with zero attached hydrogens (tertiary/aromatic N) is 3. The Kier molecular flexibility index (Phi) is 8.27. The van der Waals surface area contributed by atoms with Gasteiger partial charge in [0.15, 0.2) is 5.83 Å². The molecule has 0 saturated carbocycles. The summed E-state index contributed by atoms with van der Waals surface area (Å²) in [5, 5.41) is 9.36. The van der Waals surface area contributed by atoms with Gasteiger partial charge >= 0.3 is 6.03 Å². The first-order valence-electron chi connectivity index (χ1n) is 14.3. The van der Waals surface area contributed by atoms with Crippen LogP contribution in [0.5, 0.6) is 11.5 Å². The van der Waals surface area contributed by atoms with Crippen LogP contribution in [0.25, 0.3) is 10.2 Å². The van der Waals surface area contributed by atoms with E-state index < -0.39 is 17.8 Å². The minimum absolute atomic E-state index is 0.193. The van der Waals surface area contributed by atoms with Crippen molar-refractivity contribution in [2.45, 2.75) is 25.8 Å². The lowest BCUT2D eigenvalue weighted by atomic mass is 10.0. The Bertz CT molecular complexity index is 1780. The molecular formula is C32H31FN6O4S. The maximum atomic E-state index is 14.3. The van der Waals surface area contributed by atoms with Gasteiger partial charge in [-0.25, -0.2) is 14.2 Å². The zero-order valence-corrected chi connectivity index (χ0v) is 25.0. The Morgan fingerprint density at radius 3 is 2.75 bits per heavy atom. The van der Waals surface area contributed by atoms with Crippen molar-refractivity contribution in [2.75, 3.05) is 36.9 Å². The molecular weight excluding hydrogens is 583 g/mol. The van der Waals surface area contributed by atoms with Crippen LogP contribution in [0.3, 0.4) is 0 Å². The second-order valence-electron chi connectivity index (χ2n) is 10.6. The smallest absolute Gasteiger partial charge is 0.331 e. The molecule has 1 atom stereocenters. The van der Waals surface area contributed by atoms with E-state index in [2.05, 4.69) is 20.9 Å². The molecule has 0 spiro atoms. The lowest BCUT2D eigenvalue weighted by Gasteiger charge is -2.33. The molecule has 2 aromatic carbocycles. The van der Waals surface area contributed by atoms with Crippen LogP contribution in [0.1, 0.15) is 28.1 Å². The number of likely N-dealkylation sites (N-methyl/N-ethyl adjacent to an activating group) is 1. The number of para-hydroxylation sites is 1. The summed E-state index contributed by atoms with van der Waals surface area (Å²) < 4.78 is 20.3. The summed E-state index contributed by atoms with van der Waals surface area (Å²) in [5.41, 5.74) is 2.51. The summed E-state index contributed by atoms with van der Waals surface area (Å²) in [4.78, 5) is 48.1. The first-order valence-corrected chi connectivity index (χ1v) is 15.1. The summed E-state index contributed by atoms with van der Waals surface area (Å²) in [7, 11) is 1.67. The summed E-state index contributed by atoms with van der Waals surface area (Å²) in [6.45, 7) is 2.76. The predicted molar refractivity (Wildman–Crippen MR) is 169 cm³/mol. The van der Waals surface area contributed by atoms with Gasteiger partial charge in [0, 0.05) is 31.9 Å². The summed E-state index contributed by atoms with van der Waals surface area (Å²) in [5.74, 6) is -0.538. The molecule has 0 bridgehead atoms. The minimum atomic E-state index is -0.820. The van der Waals surface area contributed by atoms with Gasteiger partial charge in [-0.3, -0.25) is 14.5 Å². The molecule has 2 aromatic heterocycles. The molecule has 6 rings (SSSR count). The van der Waals surface area contributed by atoms with E-state index in [1.807, 2.05) is 55.5 Å². The molecule has 226 valence electrons. The van der Waals surface area contributed by atoms with E-state index in [1.54, 1.807) is 24.2 Å². The van der Waals surface area contributed by atoms with Crippen molar-refractivity contribution in [3.8, 4) is 11.5 Å². The maximum Gasteiger partial charge on any atom is 0.331 e. The fraction of sp³-hybridized carbons (Fsp3) is 0.250. The number of halogens is 1. The van der Waals surface area contributed by atoms with E-state index in [0.29, 0.717) is 63.0 Å². The number of hydrogen-bond donors (Lipinski definition) is 3. The molecule has 1 unspecified atom stereocenters. The number of thiophene rings is 1. The van der Waals surface area contributed by atoms with Gasteiger partial charge in [0.25, 0.3) is 11.8 Å². The zero-order valence-electron chi connectivity index (χ0n) is 24.2. The number of carbonyl (C=O) groups is 3. The molecule has 44 heavy (non-hydrogen) atoms. The second kappa shape index (κ2) is 12.4. The van der Waals surface area contributed by atoms with Crippen LogP contribution in [0.4, 0.5) is 26.2 Å². The average molecular weight is 615 g/mol. The number of pyridine rings is 1. The van der Waals surface area contributed by atoms with Gasteiger partial charge in [-0.2, -0.15) is 0 Å². The highest BCUT2D eigenvalue weighted by Crippen LogP contribution is 2.46. The highest BCUT2D eigenvalue weighted by molar-refractivity contribution is 7.21. The average Bonchev–Trinajstić information content (AvgIpc) is 3.40. The van der Waals surface area contributed by atoms with Crippen molar-refractivity contribution < 1.29 is 23.5 Å². The molecule has 4 amide bonds. The first kappa shape index (κ1) is 29.3. The first-order chi connectivity index (χ1) is 21.3. The molecule has 2 aliphatic heterocycles. The van der Waals surface area contributed by atoms with E-state index in [-0.39, 0.29) is 25.0 Å². The monoisotopic (exact) mass is 614 g/mol. The van der Waals surface area contributed by atoms with Crippen molar-refractivity contribution in [3.63, 3.8) is 0 Å². The van der Waals surface area contributed by atoms with Gasteiger partial charge in [-0.15, -0.1) is 11.3 Å². The molecule has 4 heterocycles. The highest BCUT2D eigenvalue weighted by Gasteiger charge is 2.34. The number of hydrogen-bond acceptors (Lipinski definition) is 7. The number of likely N-dealkylation sites (tertiary alicyclic amines) is 1. The van der Waals surface area contributed by atoms with E-state index >= 15 is 0 Å². The molecule has 4 aromatic rings. The van der Waals surface area contributed by atoms with Gasteiger partial charge < -0.3 is 25.6 Å². The van der Waals surface area contributed by atoms with E-state index in [4.69, 9.17) is 4.74 Å². The van der Waals surface area contributed by atoms with Crippen LogP contribution < -0.4 is 25.6 Å². The van der Waals surface area contributed by atoms with Gasteiger partial charge in [0.1, 0.15) is 21.2 Å². The number of rotatable bonds is 8. The fourth-order valence-corrected chi connectivity index (χ4v) is 6.53. The standard InChI is InChI=1S/C32H31FN6O4S/c1-19-17-22(43-21-8-4-3-5-9-21)10-11-24(19)39-25-13-15-35-30-26(25)27(37-32(39)42)28(44-30)29(40)36-20-7-6-16-38(18-20)31(41)23(33)12-14-34-2/h3-5,8-13,15,17,20,34H,6-7,14,16,18H2,1-2H3,(H,36,40)(H,37,42)/b23-12-. The van der Waals surface area contributed by atoms with Crippen LogP contribution >= 0.6 is 11.3 Å². The number of aryl methyl sites for hydroxylation is 1. The lowest BCUT2D eigenvalue weighted by Crippen LogP contribution is -2.49. The SMILES string of the molecule is CNC/C=C(\F)C(=O)N1CCCC(NC(=O)c2sc3nccc4c3c2NC(=O)N4c2ccc(Oc3ccccc3)cc2C)C1. The fourth-order valence-electron chi connectivity index (χ4n) is 5.51. The van der Waals surface area contributed by atoms with E-state index in [9.17, 15) is 18.8 Å². The number of nitrogens with one attached hydrogen (secondary N) is 3. The predicted octanol–water partition coefficient (Wildman–Crippen LogP) is 5.87. The van der Waals surface area contributed by atoms with Crippen LogP contribution in [0.2, 0.25) is 0 Å². The maximum absolute atomic E-state index is 14.3. The largest absolute Gasteiger partial charge is 0.457 e. The van der Waals surface area contributed by atoms with E-state index in [1.165, 1.54) is 22.3 Å². The summed E-state index contributed by atoms with van der Waals surface area (Å²) in [6.07, 6.45) is 4.09. The van der Waals surface area contributed by atoms with Gasteiger partial charge in [-0.05, 0) is 74.9 Å². The number of urea groups is 1. The zero-order chi connectivity index (χ0) is 30.8. The van der Waals surface area contributed by atoms with Gasteiger partial charge in [-0.1, -0.05) is 18.2 Å². The van der Waals surface area contributed by atoms with Gasteiger partial charge in [0.05, 0.1) is 22.4 Å². The quantitative estimate of drug-likeness (QED) is 0.214. The highest BCUT2D eigenvalue weighted by atomic mass is 32.1. The number of aromatic nitrogens is 1. The molecule has 1 saturated heterocycles. The van der Waals surface area contributed by atoms with E-state index in [0.717, 1.165) is 5.56 Å². The third-order valence-electron chi connectivity index (χ3n) is 7.57. The molecule has 0 radical (unpaired) electrons. The number of benzene rings is 2. The topological polar surface area (TPSA) is 116 Å². The summed E-state index contributed by atoms with van der Waals surface area (Å²) in [6, 6.07) is 15.9.